The molecular weight excluding hydrogens is 418 g/mol. The molecule has 1 fully saturated rings. The third-order valence-corrected chi connectivity index (χ3v) is 5.12. The van der Waals surface area contributed by atoms with Crippen LogP contribution in [0.15, 0.2) is 17.5 Å². The van der Waals surface area contributed by atoms with E-state index >= 15 is 0 Å². The number of carbonyl (C=O) groups excluding carboxylic acids is 4. The topological polar surface area (TPSA) is 215 Å². The monoisotopic (exact) mass is 449 g/mol. The van der Waals surface area contributed by atoms with Crippen LogP contribution in [0.25, 0.3) is 0 Å². The Balaban J connectivity index is 2.14. The van der Waals surface area contributed by atoms with Crippen molar-refractivity contribution in [1.82, 2.24) is 25.5 Å². The maximum absolute atomic E-state index is 13.1. The molecule has 13 nitrogen and oxygen atoms in total. The molecule has 0 radical (unpaired) electrons. The van der Waals surface area contributed by atoms with Crippen LogP contribution in [0.4, 0.5) is 0 Å². The fourth-order valence-electron chi connectivity index (χ4n) is 3.52. The van der Waals surface area contributed by atoms with E-state index < -0.39 is 29.9 Å². The van der Waals surface area contributed by atoms with Crippen LogP contribution in [-0.2, 0) is 25.6 Å². The number of imidazole rings is 1. The normalized spacial score (nSPS) is 17.3. The van der Waals surface area contributed by atoms with Crippen molar-refractivity contribution in [3.63, 3.8) is 0 Å². The highest BCUT2D eigenvalue weighted by molar-refractivity contribution is 5.93. The minimum absolute atomic E-state index is 0.0680. The Hall–Kier alpha value is -3.48. The number of likely N-dealkylation sites (tertiary alicyclic amines) is 1. The Morgan fingerprint density at radius 1 is 1.31 bits per heavy atom. The molecule has 0 aliphatic carbocycles. The number of hydrogen-bond donors (Lipinski definition) is 6. The van der Waals surface area contributed by atoms with Gasteiger partial charge in [-0.2, -0.15) is 0 Å². The number of rotatable bonds is 12. The number of guanidine groups is 1. The molecule has 2 rings (SSSR count). The number of nitrogens with one attached hydrogen (secondary N) is 3. The summed E-state index contributed by atoms with van der Waals surface area (Å²) in [5.41, 5.74) is 16.7. The highest BCUT2D eigenvalue weighted by atomic mass is 16.2. The van der Waals surface area contributed by atoms with Gasteiger partial charge in [0.2, 0.25) is 17.7 Å². The fraction of sp³-hybridized carbons (Fsp3) is 0.579. The summed E-state index contributed by atoms with van der Waals surface area (Å²) >= 11 is 0. The Morgan fingerprint density at radius 2 is 2.09 bits per heavy atom. The summed E-state index contributed by atoms with van der Waals surface area (Å²) in [5.74, 6) is -1.49. The van der Waals surface area contributed by atoms with Crippen LogP contribution in [0.1, 0.15) is 31.4 Å². The summed E-state index contributed by atoms with van der Waals surface area (Å²) in [6.45, 7) is 0.424. The van der Waals surface area contributed by atoms with Crippen LogP contribution in [-0.4, -0.2) is 82.6 Å². The van der Waals surface area contributed by atoms with Crippen LogP contribution in [0.2, 0.25) is 0 Å². The van der Waals surface area contributed by atoms with Crippen molar-refractivity contribution in [3.05, 3.63) is 18.2 Å². The molecule has 1 saturated heterocycles. The van der Waals surface area contributed by atoms with Crippen molar-refractivity contribution in [2.45, 2.75) is 50.2 Å². The predicted molar refractivity (Wildman–Crippen MR) is 116 cm³/mol. The number of carbonyl (C=O) groups is 4. The van der Waals surface area contributed by atoms with Gasteiger partial charge in [0.1, 0.15) is 18.4 Å². The van der Waals surface area contributed by atoms with E-state index in [1.165, 1.54) is 17.4 Å². The van der Waals surface area contributed by atoms with Crippen molar-refractivity contribution in [3.8, 4) is 0 Å². The molecule has 3 amide bonds. The third kappa shape index (κ3) is 7.34. The van der Waals surface area contributed by atoms with E-state index in [9.17, 15) is 19.2 Å². The molecule has 0 aromatic carbocycles. The van der Waals surface area contributed by atoms with Gasteiger partial charge in [-0.15, -0.1) is 0 Å². The van der Waals surface area contributed by atoms with Gasteiger partial charge in [-0.05, 0) is 25.7 Å². The Kier molecular flexibility index (Phi) is 9.60. The fourth-order valence-corrected chi connectivity index (χ4v) is 3.52. The maximum atomic E-state index is 13.1. The molecule has 1 aliphatic heterocycles. The van der Waals surface area contributed by atoms with Crippen molar-refractivity contribution < 1.29 is 19.2 Å². The maximum Gasteiger partial charge on any atom is 0.245 e. The lowest BCUT2D eigenvalue weighted by Gasteiger charge is -2.28. The van der Waals surface area contributed by atoms with E-state index in [0.717, 1.165) is 6.29 Å². The van der Waals surface area contributed by atoms with Crippen LogP contribution in [0.3, 0.4) is 0 Å². The molecule has 3 unspecified atom stereocenters. The molecule has 176 valence electrons. The van der Waals surface area contributed by atoms with E-state index in [4.69, 9.17) is 17.2 Å². The van der Waals surface area contributed by atoms with Crippen LogP contribution in [0.5, 0.6) is 0 Å². The average Bonchev–Trinajstić information content (AvgIpc) is 3.46. The second kappa shape index (κ2) is 12.4. The van der Waals surface area contributed by atoms with Gasteiger partial charge in [-0.1, -0.05) is 0 Å². The van der Waals surface area contributed by atoms with Crippen LogP contribution in [0, 0.1) is 0 Å². The zero-order valence-electron chi connectivity index (χ0n) is 17.8. The Bertz CT molecular complexity index is 808. The average molecular weight is 450 g/mol. The third-order valence-electron chi connectivity index (χ3n) is 5.12. The minimum atomic E-state index is -0.972. The molecular formula is C19H31N9O4. The van der Waals surface area contributed by atoms with E-state index in [1.807, 2.05) is 0 Å². The zero-order chi connectivity index (χ0) is 23.5. The summed E-state index contributed by atoms with van der Waals surface area (Å²) in [6, 6.07) is -2.39. The standard InChI is InChI=1S/C19H31N9O4/c20-8-16(30)26-15(7-12-9-23-11-25-12)17(31)27-14(4-1-5-24-19(21)22)18(32)28-6-2-3-13(28)10-29/h9-11,13-15H,1-8,20H2,(H,23,25)(H,26,30)(H,27,31)(H4,21,22,24). The molecule has 13 heteroatoms. The first kappa shape index (κ1) is 24.8. The molecule has 0 saturated carbocycles. The second-order valence-electron chi connectivity index (χ2n) is 7.49. The number of aromatic nitrogens is 2. The first-order valence-corrected chi connectivity index (χ1v) is 10.4. The van der Waals surface area contributed by atoms with Crippen molar-refractivity contribution in [2.24, 2.45) is 22.2 Å². The van der Waals surface area contributed by atoms with E-state index in [1.54, 1.807) is 0 Å². The van der Waals surface area contributed by atoms with Crippen LogP contribution < -0.4 is 27.8 Å². The molecule has 1 aromatic heterocycles. The van der Waals surface area contributed by atoms with Gasteiger partial charge in [-0.25, -0.2) is 4.98 Å². The summed E-state index contributed by atoms with van der Waals surface area (Å²) in [6.07, 6.45) is 5.83. The van der Waals surface area contributed by atoms with Crippen molar-refractivity contribution >= 4 is 30.0 Å². The van der Waals surface area contributed by atoms with Crippen molar-refractivity contribution in [1.29, 1.82) is 0 Å². The number of aromatic amines is 1. The molecule has 1 aliphatic rings. The largest absolute Gasteiger partial charge is 0.370 e. The molecule has 9 N–H and O–H groups in total. The summed E-state index contributed by atoms with van der Waals surface area (Å²) in [7, 11) is 0. The molecule has 0 spiro atoms. The summed E-state index contributed by atoms with van der Waals surface area (Å²) in [4.78, 5) is 61.5. The quantitative estimate of drug-likeness (QED) is 0.0841. The van der Waals surface area contributed by atoms with Gasteiger partial charge in [0.15, 0.2) is 5.96 Å². The van der Waals surface area contributed by atoms with Gasteiger partial charge >= 0.3 is 0 Å². The predicted octanol–water partition coefficient (Wildman–Crippen LogP) is -2.88. The number of aliphatic imine (C=N–C) groups is 1. The number of nitrogens with zero attached hydrogens (tertiary/aromatic N) is 3. The van der Waals surface area contributed by atoms with E-state index in [0.29, 0.717) is 31.5 Å². The lowest BCUT2D eigenvalue weighted by Crippen LogP contribution is -2.56. The van der Waals surface area contributed by atoms with Gasteiger partial charge < -0.3 is 42.5 Å². The van der Waals surface area contributed by atoms with E-state index in [2.05, 4.69) is 25.6 Å². The number of nitrogens with two attached hydrogens (primary N) is 3. The molecule has 0 bridgehead atoms. The lowest BCUT2D eigenvalue weighted by molar-refractivity contribution is -0.139. The molecule has 3 atom stereocenters. The second-order valence-corrected chi connectivity index (χ2v) is 7.49. The zero-order valence-corrected chi connectivity index (χ0v) is 17.8. The number of aldehydes is 1. The summed E-state index contributed by atoms with van der Waals surface area (Å²) < 4.78 is 0. The first-order chi connectivity index (χ1) is 15.3. The summed E-state index contributed by atoms with van der Waals surface area (Å²) in [5, 5.41) is 5.28. The SMILES string of the molecule is NCC(=O)NC(Cc1cnc[nH]1)C(=O)NC(CCCN=C(N)N)C(=O)N1CCCC1C=O. The molecule has 32 heavy (non-hydrogen) atoms. The molecule has 2 heterocycles. The first-order valence-electron chi connectivity index (χ1n) is 10.4. The highest BCUT2D eigenvalue weighted by Gasteiger charge is 2.34. The van der Waals surface area contributed by atoms with Gasteiger partial charge in [-0.3, -0.25) is 19.4 Å². The Morgan fingerprint density at radius 3 is 2.72 bits per heavy atom. The molecule has 1 aromatic rings. The smallest absolute Gasteiger partial charge is 0.245 e. The Labute approximate surface area is 185 Å². The van der Waals surface area contributed by atoms with Gasteiger partial charge in [0.05, 0.1) is 18.9 Å². The van der Waals surface area contributed by atoms with Gasteiger partial charge in [0, 0.05) is 31.4 Å². The minimum Gasteiger partial charge on any atom is -0.370 e. The van der Waals surface area contributed by atoms with Crippen molar-refractivity contribution in [2.75, 3.05) is 19.6 Å². The van der Waals surface area contributed by atoms with Gasteiger partial charge in [0.25, 0.3) is 0 Å². The van der Waals surface area contributed by atoms with Crippen LogP contribution >= 0.6 is 0 Å². The number of amides is 3. The lowest BCUT2D eigenvalue weighted by atomic mass is 10.1. The number of hydrogen-bond acceptors (Lipinski definition) is 7. The van der Waals surface area contributed by atoms with E-state index in [-0.39, 0.29) is 37.8 Å². The number of H-pyrrole nitrogens is 1. The highest BCUT2D eigenvalue weighted by Crippen LogP contribution is 2.18.